The maximum Gasteiger partial charge on any atom is 0.0755 e. The molecule has 0 saturated heterocycles. The molecule has 0 fully saturated rings. The summed E-state index contributed by atoms with van der Waals surface area (Å²) in [6.45, 7) is 0. The van der Waals surface area contributed by atoms with Crippen LogP contribution in [0.1, 0.15) is 22.3 Å². The van der Waals surface area contributed by atoms with E-state index < -0.39 is 5.41 Å². The Morgan fingerprint density at radius 3 is 1.72 bits per heavy atom. The van der Waals surface area contributed by atoms with E-state index in [1.807, 2.05) is 0 Å². The fourth-order valence-corrected chi connectivity index (χ4v) is 10.0. The van der Waals surface area contributed by atoms with E-state index >= 15 is 0 Å². The maximum atomic E-state index is 2.51. The number of rotatable bonds is 5. The second-order valence-electron chi connectivity index (χ2n) is 15.3. The fraction of sp³-hybridized carbons (Fsp3) is 0.0182. The monoisotopic (exact) mass is 724 g/mol. The van der Waals surface area contributed by atoms with E-state index in [0.29, 0.717) is 0 Å². The molecule has 10 aromatic rings. The van der Waals surface area contributed by atoms with Crippen LogP contribution < -0.4 is 4.90 Å². The summed E-state index contributed by atoms with van der Waals surface area (Å²) in [5, 5.41) is 2.57. The zero-order valence-corrected chi connectivity index (χ0v) is 31.2. The Bertz CT molecular complexity index is 3180. The molecule has 0 saturated carbocycles. The van der Waals surface area contributed by atoms with Crippen molar-refractivity contribution in [1.29, 1.82) is 0 Å². The van der Waals surface area contributed by atoms with E-state index in [2.05, 4.69) is 228 Å². The number of aromatic nitrogens is 1. The van der Waals surface area contributed by atoms with Crippen LogP contribution in [-0.4, -0.2) is 4.57 Å². The Morgan fingerprint density at radius 2 is 0.895 bits per heavy atom. The molecule has 2 nitrogen and oxygen atoms in total. The van der Waals surface area contributed by atoms with Crippen molar-refractivity contribution in [2.75, 3.05) is 4.90 Å². The average Bonchev–Trinajstić information content (AvgIpc) is 3.78. The van der Waals surface area contributed by atoms with Gasteiger partial charge in [-0.05, 0) is 104 Å². The lowest BCUT2D eigenvalue weighted by Crippen LogP contribution is -2.33. The van der Waals surface area contributed by atoms with Gasteiger partial charge in [0.15, 0.2) is 0 Å². The Balaban J connectivity index is 1.14. The first-order chi connectivity index (χ1) is 28.3. The van der Waals surface area contributed by atoms with E-state index in [0.717, 1.165) is 17.1 Å². The molecule has 1 aliphatic heterocycles. The third kappa shape index (κ3) is 4.53. The van der Waals surface area contributed by atoms with Crippen molar-refractivity contribution in [2.45, 2.75) is 5.41 Å². The molecule has 0 bridgehead atoms. The molecule has 0 amide bonds. The van der Waals surface area contributed by atoms with Gasteiger partial charge in [0.05, 0.1) is 22.1 Å². The van der Waals surface area contributed by atoms with Gasteiger partial charge in [-0.1, -0.05) is 170 Å². The second kappa shape index (κ2) is 12.3. The molecular formula is C55H36N2. The van der Waals surface area contributed by atoms with E-state index in [-0.39, 0.29) is 0 Å². The third-order valence-electron chi connectivity index (χ3n) is 12.4. The molecular weight excluding hydrogens is 689 g/mol. The second-order valence-corrected chi connectivity index (χ2v) is 15.3. The van der Waals surface area contributed by atoms with Crippen molar-refractivity contribution < 1.29 is 0 Å². The number of benzene rings is 9. The summed E-state index contributed by atoms with van der Waals surface area (Å²) in [7, 11) is 0. The Hall–Kier alpha value is -7.42. The Morgan fingerprint density at radius 1 is 0.333 bits per heavy atom. The zero-order valence-electron chi connectivity index (χ0n) is 31.2. The van der Waals surface area contributed by atoms with Crippen LogP contribution in [0.4, 0.5) is 17.1 Å². The molecule has 0 N–H and O–H groups in total. The highest BCUT2D eigenvalue weighted by Gasteiger charge is 2.51. The molecule has 1 aliphatic carbocycles. The van der Waals surface area contributed by atoms with Crippen LogP contribution in [0, 0.1) is 0 Å². The molecule has 57 heavy (non-hydrogen) atoms. The first-order valence-corrected chi connectivity index (χ1v) is 19.8. The molecule has 1 spiro atoms. The molecule has 2 heterocycles. The van der Waals surface area contributed by atoms with Crippen LogP contribution in [0.5, 0.6) is 0 Å². The molecule has 12 rings (SSSR count). The van der Waals surface area contributed by atoms with Crippen molar-refractivity contribution in [3.05, 3.63) is 241 Å². The van der Waals surface area contributed by atoms with E-state index in [1.165, 1.54) is 83.1 Å². The maximum absolute atomic E-state index is 2.51. The van der Waals surface area contributed by atoms with Crippen molar-refractivity contribution in [3.8, 4) is 39.1 Å². The van der Waals surface area contributed by atoms with Gasteiger partial charge < -0.3 is 9.47 Å². The third-order valence-corrected chi connectivity index (χ3v) is 12.4. The normalized spacial score (nSPS) is 14.7. The van der Waals surface area contributed by atoms with Gasteiger partial charge >= 0.3 is 0 Å². The lowest BCUT2D eigenvalue weighted by molar-refractivity contribution is 0.748. The molecule has 2 aliphatic rings. The number of fused-ring (bicyclic) bond motifs is 12. The minimum absolute atomic E-state index is 0.531. The fourth-order valence-electron chi connectivity index (χ4n) is 10.0. The zero-order chi connectivity index (χ0) is 37.5. The molecule has 266 valence electrons. The first kappa shape index (κ1) is 31.9. The number of para-hydroxylation sites is 3. The first-order valence-electron chi connectivity index (χ1n) is 19.8. The predicted octanol–water partition coefficient (Wildman–Crippen LogP) is 14.3. The van der Waals surface area contributed by atoms with Gasteiger partial charge in [-0.25, -0.2) is 0 Å². The molecule has 9 aromatic carbocycles. The van der Waals surface area contributed by atoms with Gasteiger partial charge in [0, 0.05) is 27.8 Å². The summed E-state index contributed by atoms with van der Waals surface area (Å²) < 4.78 is 2.51. The van der Waals surface area contributed by atoms with Crippen molar-refractivity contribution in [3.63, 3.8) is 0 Å². The van der Waals surface area contributed by atoms with Gasteiger partial charge in [-0.2, -0.15) is 0 Å². The predicted molar refractivity (Wildman–Crippen MR) is 237 cm³/mol. The van der Waals surface area contributed by atoms with Gasteiger partial charge in [0.25, 0.3) is 0 Å². The van der Waals surface area contributed by atoms with Crippen LogP contribution in [0.2, 0.25) is 0 Å². The number of hydrogen-bond acceptors (Lipinski definition) is 1. The van der Waals surface area contributed by atoms with Crippen LogP contribution >= 0.6 is 0 Å². The molecule has 0 radical (unpaired) electrons. The highest BCUT2D eigenvalue weighted by Crippen LogP contribution is 2.61. The largest absolute Gasteiger partial charge is 0.310 e. The van der Waals surface area contributed by atoms with Gasteiger partial charge in [-0.15, -0.1) is 0 Å². The number of anilines is 3. The summed E-state index contributed by atoms with van der Waals surface area (Å²) >= 11 is 0. The number of nitrogens with zero attached hydrogens (tertiary/aromatic N) is 2. The number of hydrogen-bond donors (Lipinski definition) is 0. The topological polar surface area (TPSA) is 8.17 Å². The summed E-state index contributed by atoms with van der Waals surface area (Å²) in [5.41, 5.74) is 19.2. The van der Waals surface area contributed by atoms with E-state index in [1.54, 1.807) is 0 Å². The molecule has 1 unspecified atom stereocenters. The van der Waals surface area contributed by atoms with Crippen LogP contribution in [0.3, 0.4) is 0 Å². The van der Waals surface area contributed by atoms with Crippen molar-refractivity contribution in [2.24, 2.45) is 0 Å². The minimum Gasteiger partial charge on any atom is -0.310 e. The Kier molecular flexibility index (Phi) is 6.88. The van der Waals surface area contributed by atoms with Crippen molar-refractivity contribution in [1.82, 2.24) is 4.57 Å². The Labute approximate surface area is 332 Å². The minimum atomic E-state index is -0.531. The summed E-state index contributed by atoms with van der Waals surface area (Å²) in [5.74, 6) is 0. The van der Waals surface area contributed by atoms with Gasteiger partial charge in [-0.3, -0.25) is 0 Å². The average molecular weight is 725 g/mol. The van der Waals surface area contributed by atoms with Gasteiger partial charge in [0.1, 0.15) is 0 Å². The van der Waals surface area contributed by atoms with E-state index in [9.17, 15) is 0 Å². The van der Waals surface area contributed by atoms with Crippen LogP contribution in [0.25, 0.3) is 60.9 Å². The summed E-state index contributed by atoms with van der Waals surface area (Å²) in [6, 6.07) is 80.5. The van der Waals surface area contributed by atoms with Gasteiger partial charge in [0.2, 0.25) is 0 Å². The molecule has 2 heteroatoms. The highest BCUT2D eigenvalue weighted by molar-refractivity contribution is 6.13. The van der Waals surface area contributed by atoms with E-state index in [4.69, 9.17) is 0 Å². The smallest absolute Gasteiger partial charge is 0.0755 e. The van der Waals surface area contributed by atoms with Crippen LogP contribution in [-0.2, 0) is 5.41 Å². The summed E-state index contributed by atoms with van der Waals surface area (Å²) in [6.07, 6.45) is 0. The highest BCUT2D eigenvalue weighted by atomic mass is 15.1. The van der Waals surface area contributed by atoms with Crippen LogP contribution in [0.15, 0.2) is 218 Å². The quantitative estimate of drug-likeness (QED) is 0.172. The lowest BCUT2D eigenvalue weighted by Gasteiger charge is -2.40. The summed E-state index contributed by atoms with van der Waals surface area (Å²) in [4.78, 5) is 2.44. The standard InChI is InChI=1S/C55H36N2/c1-3-15-37(16-4-1)39-29-31-41(32-30-39)56(42-20-13-19-40(35-42)38-17-5-2-6-18-38)43-33-34-45-44-21-7-9-24-48(44)55(51(45)36-43)49-25-10-12-28-53(49)57-52-27-11-8-22-46(52)47-23-14-26-50(55)54(47)57/h1-36H. The van der Waals surface area contributed by atoms with Crippen molar-refractivity contribution >= 4 is 38.9 Å². The molecule has 1 aromatic heterocycles. The SMILES string of the molecule is c1ccc(-c2ccc(N(c3cccc(-c4ccccc4)c3)c3ccc4c(c3)C3(c5ccccc5-4)c4ccccc4-n4c5ccccc5c5cccc3c54)cc2)cc1. The lowest BCUT2D eigenvalue weighted by atomic mass is 9.65. The molecule has 1 atom stereocenters.